The van der Waals surface area contributed by atoms with E-state index in [0.717, 1.165) is 12.3 Å². The van der Waals surface area contributed by atoms with Crippen LogP contribution in [0.25, 0.3) is 0 Å². The van der Waals surface area contributed by atoms with Crippen LogP contribution >= 0.6 is 0 Å². The SMILES string of the molecule is Cc1[nH]nc(S(=O)(=O)NC(C)C2CC3CCC2C3)c1CN. The molecule has 1 aromatic heterocycles. The van der Waals surface area contributed by atoms with Crippen molar-refractivity contribution in [3.05, 3.63) is 11.3 Å². The summed E-state index contributed by atoms with van der Waals surface area (Å²) in [6, 6.07) is -0.0482. The molecule has 7 heteroatoms. The van der Waals surface area contributed by atoms with E-state index >= 15 is 0 Å². The standard InChI is InChI=1S/C14H24N4O2S/c1-8-13(7-15)14(17-16-8)21(19,20)18-9(2)12-6-10-3-4-11(12)5-10/h9-12,18H,3-7,15H2,1-2H3,(H,16,17). The first kappa shape index (κ1) is 15.0. The van der Waals surface area contributed by atoms with Crippen molar-refractivity contribution in [3.8, 4) is 0 Å². The van der Waals surface area contributed by atoms with Crippen LogP contribution in [0, 0.1) is 24.7 Å². The highest BCUT2D eigenvalue weighted by molar-refractivity contribution is 7.89. The third-order valence-corrected chi connectivity index (χ3v) is 6.80. The van der Waals surface area contributed by atoms with Crippen molar-refractivity contribution in [2.75, 3.05) is 0 Å². The molecule has 2 fully saturated rings. The molecule has 0 amide bonds. The number of nitrogens with zero attached hydrogens (tertiary/aromatic N) is 1. The van der Waals surface area contributed by atoms with Gasteiger partial charge in [0.05, 0.1) is 0 Å². The van der Waals surface area contributed by atoms with Crippen molar-refractivity contribution < 1.29 is 8.42 Å². The molecule has 2 aliphatic rings. The Balaban J connectivity index is 1.76. The van der Waals surface area contributed by atoms with Crippen molar-refractivity contribution in [3.63, 3.8) is 0 Å². The number of hydrogen-bond acceptors (Lipinski definition) is 4. The van der Waals surface area contributed by atoms with Gasteiger partial charge in [-0.2, -0.15) is 5.10 Å². The van der Waals surface area contributed by atoms with Crippen molar-refractivity contribution in [2.24, 2.45) is 23.5 Å². The van der Waals surface area contributed by atoms with E-state index in [2.05, 4.69) is 14.9 Å². The molecule has 21 heavy (non-hydrogen) atoms. The lowest BCUT2D eigenvalue weighted by molar-refractivity contribution is 0.280. The molecule has 0 radical (unpaired) electrons. The largest absolute Gasteiger partial charge is 0.326 e. The summed E-state index contributed by atoms with van der Waals surface area (Å²) in [6.45, 7) is 3.93. The molecule has 6 nitrogen and oxygen atoms in total. The normalized spacial score (nSPS) is 30.0. The van der Waals surface area contributed by atoms with E-state index in [-0.39, 0.29) is 17.6 Å². The average molecular weight is 312 g/mol. The molecular formula is C14H24N4O2S. The monoisotopic (exact) mass is 312 g/mol. The fraction of sp³-hybridized carbons (Fsp3) is 0.786. The van der Waals surface area contributed by atoms with Gasteiger partial charge in [0.1, 0.15) is 0 Å². The van der Waals surface area contributed by atoms with Gasteiger partial charge < -0.3 is 5.73 Å². The highest BCUT2D eigenvalue weighted by Crippen LogP contribution is 2.49. The Morgan fingerprint density at radius 1 is 1.43 bits per heavy atom. The van der Waals surface area contributed by atoms with Crippen LogP contribution in [0.15, 0.2) is 5.03 Å². The van der Waals surface area contributed by atoms with Crippen molar-refractivity contribution in [1.82, 2.24) is 14.9 Å². The number of hydrogen-bond donors (Lipinski definition) is 3. The number of aromatic nitrogens is 2. The molecule has 3 rings (SSSR count). The van der Waals surface area contributed by atoms with Gasteiger partial charge in [0.15, 0.2) is 5.03 Å². The molecule has 2 saturated carbocycles. The summed E-state index contributed by atoms with van der Waals surface area (Å²) in [4.78, 5) is 0. The van der Waals surface area contributed by atoms with Crippen molar-refractivity contribution in [1.29, 1.82) is 0 Å². The van der Waals surface area contributed by atoms with E-state index in [0.29, 0.717) is 23.1 Å². The van der Waals surface area contributed by atoms with Crippen LogP contribution in [0.5, 0.6) is 0 Å². The fourth-order valence-corrected chi connectivity index (χ4v) is 5.69. The van der Waals surface area contributed by atoms with Gasteiger partial charge in [-0.15, -0.1) is 0 Å². The van der Waals surface area contributed by atoms with Crippen molar-refractivity contribution in [2.45, 2.75) is 57.1 Å². The predicted octanol–water partition coefficient (Wildman–Crippen LogP) is 1.28. The number of nitrogens with two attached hydrogens (primary N) is 1. The summed E-state index contributed by atoms with van der Waals surface area (Å²) in [5.74, 6) is 1.95. The number of aryl methyl sites for hydroxylation is 1. The highest BCUT2D eigenvalue weighted by Gasteiger charge is 2.43. The fourth-order valence-electron chi connectivity index (χ4n) is 4.19. The average Bonchev–Trinajstić information content (AvgIpc) is 3.12. The van der Waals surface area contributed by atoms with Gasteiger partial charge in [0, 0.05) is 23.8 Å². The Bertz CT molecular complexity index is 625. The zero-order valence-electron chi connectivity index (χ0n) is 12.6. The molecule has 2 aliphatic carbocycles. The predicted molar refractivity (Wildman–Crippen MR) is 79.9 cm³/mol. The molecule has 0 saturated heterocycles. The van der Waals surface area contributed by atoms with Crippen molar-refractivity contribution >= 4 is 10.0 Å². The van der Waals surface area contributed by atoms with Gasteiger partial charge in [0.2, 0.25) is 0 Å². The Morgan fingerprint density at radius 2 is 2.19 bits per heavy atom. The molecule has 0 aromatic carbocycles. The summed E-state index contributed by atoms with van der Waals surface area (Å²) >= 11 is 0. The van der Waals surface area contributed by atoms with E-state index in [4.69, 9.17) is 5.73 Å². The number of sulfonamides is 1. The van der Waals surface area contributed by atoms with Crippen LogP contribution < -0.4 is 10.5 Å². The third-order valence-electron chi connectivity index (χ3n) is 5.27. The molecule has 118 valence electrons. The minimum Gasteiger partial charge on any atom is -0.326 e. The van der Waals surface area contributed by atoms with Crippen LogP contribution in [0.3, 0.4) is 0 Å². The van der Waals surface area contributed by atoms with Crippen LogP contribution in [-0.2, 0) is 16.6 Å². The second-order valence-electron chi connectivity index (χ2n) is 6.59. The summed E-state index contributed by atoms with van der Waals surface area (Å²) in [7, 11) is -3.61. The molecule has 4 N–H and O–H groups in total. The molecular weight excluding hydrogens is 288 g/mol. The summed E-state index contributed by atoms with van der Waals surface area (Å²) in [6.07, 6.45) is 4.98. The molecule has 1 aromatic rings. The first-order valence-electron chi connectivity index (χ1n) is 7.68. The van der Waals surface area contributed by atoms with Crippen LogP contribution in [-0.4, -0.2) is 24.7 Å². The van der Waals surface area contributed by atoms with E-state index in [1.807, 2.05) is 6.92 Å². The van der Waals surface area contributed by atoms with Crippen LogP contribution in [0.2, 0.25) is 0 Å². The minimum absolute atomic E-state index is 0.0482. The summed E-state index contributed by atoms with van der Waals surface area (Å²) < 4.78 is 27.9. The quantitative estimate of drug-likeness (QED) is 0.762. The number of fused-ring (bicyclic) bond motifs is 2. The van der Waals surface area contributed by atoms with Crippen LogP contribution in [0.1, 0.15) is 43.9 Å². The zero-order valence-corrected chi connectivity index (χ0v) is 13.4. The Labute approximate surface area is 125 Å². The molecule has 0 aliphatic heterocycles. The lowest BCUT2D eigenvalue weighted by Crippen LogP contribution is -2.40. The molecule has 4 unspecified atom stereocenters. The second-order valence-corrected chi connectivity index (χ2v) is 8.21. The maximum absolute atomic E-state index is 12.5. The van der Waals surface area contributed by atoms with E-state index in [9.17, 15) is 8.42 Å². The van der Waals surface area contributed by atoms with Gasteiger partial charge in [0.25, 0.3) is 10.0 Å². The zero-order chi connectivity index (χ0) is 15.2. The number of aromatic amines is 1. The Morgan fingerprint density at radius 3 is 2.76 bits per heavy atom. The van der Waals surface area contributed by atoms with E-state index < -0.39 is 10.0 Å². The van der Waals surface area contributed by atoms with E-state index in [1.54, 1.807) is 6.92 Å². The molecule has 1 heterocycles. The number of rotatable bonds is 5. The molecule has 4 atom stereocenters. The highest BCUT2D eigenvalue weighted by atomic mass is 32.2. The first-order valence-corrected chi connectivity index (χ1v) is 9.17. The Hall–Kier alpha value is -0.920. The smallest absolute Gasteiger partial charge is 0.260 e. The second kappa shape index (κ2) is 5.37. The topological polar surface area (TPSA) is 101 Å². The summed E-state index contributed by atoms with van der Waals surface area (Å²) in [5.41, 5.74) is 6.93. The van der Waals surface area contributed by atoms with Gasteiger partial charge in [-0.05, 0) is 50.9 Å². The number of nitrogens with one attached hydrogen (secondary N) is 2. The first-order chi connectivity index (χ1) is 9.92. The van der Waals surface area contributed by atoms with Gasteiger partial charge in [-0.1, -0.05) is 6.42 Å². The minimum atomic E-state index is -3.61. The molecule has 2 bridgehead atoms. The van der Waals surface area contributed by atoms with E-state index in [1.165, 1.54) is 19.3 Å². The number of H-pyrrole nitrogens is 1. The van der Waals surface area contributed by atoms with Gasteiger partial charge >= 0.3 is 0 Å². The molecule has 0 spiro atoms. The Kier molecular flexibility index (Phi) is 3.83. The maximum atomic E-state index is 12.5. The van der Waals surface area contributed by atoms with Gasteiger partial charge in [-0.25, -0.2) is 13.1 Å². The lowest BCUT2D eigenvalue weighted by Gasteiger charge is -2.28. The summed E-state index contributed by atoms with van der Waals surface area (Å²) in [5, 5.41) is 6.70. The van der Waals surface area contributed by atoms with Gasteiger partial charge in [-0.3, -0.25) is 5.10 Å². The maximum Gasteiger partial charge on any atom is 0.260 e. The lowest BCUT2D eigenvalue weighted by atomic mass is 9.84. The third kappa shape index (κ3) is 2.62. The van der Waals surface area contributed by atoms with Crippen LogP contribution in [0.4, 0.5) is 0 Å².